The molecule has 0 spiro atoms. The van der Waals surface area contributed by atoms with Crippen molar-refractivity contribution in [3.63, 3.8) is 0 Å². The molecule has 1 heterocycles. The molecule has 0 saturated heterocycles. The van der Waals surface area contributed by atoms with Gasteiger partial charge in [-0.2, -0.15) is 5.21 Å². The van der Waals surface area contributed by atoms with Crippen LogP contribution in [0.25, 0.3) is 0 Å². The molecule has 0 aromatic carbocycles. The maximum absolute atomic E-state index is 11.3. The van der Waals surface area contributed by atoms with Crippen molar-refractivity contribution >= 4 is 5.91 Å². The zero-order valence-electron chi connectivity index (χ0n) is 6.66. The standard InChI is InChI=1S/C6H9N5O/c1-6(2-3-6)7-5(12)4-8-10-11-9-4/h2-3H2,1H3,(H,7,12)(H,8,9,10,11). The van der Waals surface area contributed by atoms with E-state index in [9.17, 15) is 4.79 Å². The largest absolute Gasteiger partial charge is 0.344 e. The van der Waals surface area contributed by atoms with Crippen molar-refractivity contribution < 1.29 is 4.79 Å². The van der Waals surface area contributed by atoms with E-state index in [0.29, 0.717) is 0 Å². The summed E-state index contributed by atoms with van der Waals surface area (Å²) in [4.78, 5) is 11.3. The number of rotatable bonds is 2. The molecule has 2 N–H and O–H groups in total. The van der Waals surface area contributed by atoms with Crippen LogP contribution in [0.15, 0.2) is 0 Å². The van der Waals surface area contributed by atoms with Crippen LogP contribution in [0, 0.1) is 0 Å². The Morgan fingerprint density at radius 3 is 2.92 bits per heavy atom. The summed E-state index contributed by atoms with van der Waals surface area (Å²) < 4.78 is 0. The van der Waals surface area contributed by atoms with Crippen molar-refractivity contribution in [2.45, 2.75) is 25.3 Å². The van der Waals surface area contributed by atoms with Gasteiger partial charge in [0.2, 0.25) is 0 Å². The second-order valence-corrected chi connectivity index (χ2v) is 3.25. The van der Waals surface area contributed by atoms with E-state index in [1.807, 2.05) is 6.92 Å². The van der Waals surface area contributed by atoms with Crippen LogP contribution in [0.4, 0.5) is 0 Å². The zero-order chi connectivity index (χ0) is 8.60. The van der Waals surface area contributed by atoms with E-state index < -0.39 is 0 Å². The number of amides is 1. The summed E-state index contributed by atoms with van der Waals surface area (Å²) in [6.07, 6.45) is 2.05. The number of H-pyrrole nitrogens is 1. The van der Waals surface area contributed by atoms with Crippen LogP contribution in [0.3, 0.4) is 0 Å². The van der Waals surface area contributed by atoms with Gasteiger partial charge >= 0.3 is 0 Å². The Labute approximate surface area is 68.7 Å². The van der Waals surface area contributed by atoms with Gasteiger partial charge in [0.15, 0.2) is 0 Å². The Kier molecular flexibility index (Phi) is 1.36. The maximum atomic E-state index is 11.3. The first-order valence-corrected chi connectivity index (χ1v) is 3.76. The number of aromatic nitrogens is 4. The van der Waals surface area contributed by atoms with Crippen LogP contribution >= 0.6 is 0 Å². The predicted molar refractivity (Wildman–Crippen MR) is 39.3 cm³/mol. The third-order valence-corrected chi connectivity index (χ3v) is 1.96. The second-order valence-electron chi connectivity index (χ2n) is 3.25. The SMILES string of the molecule is CC1(NC(=O)c2nn[nH]n2)CC1. The first-order chi connectivity index (χ1) is 5.70. The molecule has 1 aliphatic carbocycles. The minimum absolute atomic E-state index is 0.0300. The Hall–Kier alpha value is -1.46. The molecule has 1 aliphatic rings. The molecule has 0 radical (unpaired) electrons. The molecule has 12 heavy (non-hydrogen) atoms. The molecular formula is C6H9N5O. The molecule has 0 unspecified atom stereocenters. The van der Waals surface area contributed by atoms with Gasteiger partial charge in [-0.3, -0.25) is 4.79 Å². The highest BCUT2D eigenvalue weighted by molar-refractivity contribution is 5.90. The summed E-state index contributed by atoms with van der Waals surface area (Å²) >= 11 is 0. The molecule has 1 saturated carbocycles. The van der Waals surface area contributed by atoms with Gasteiger partial charge < -0.3 is 5.32 Å². The fraction of sp³-hybridized carbons (Fsp3) is 0.667. The topological polar surface area (TPSA) is 83.6 Å². The first kappa shape index (κ1) is 7.20. The summed E-state index contributed by atoms with van der Waals surface area (Å²) in [6, 6.07) is 0. The van der Waals surface area contributed by atoms with E-state index in [1.165, 1.54) is 0 Å². The summed E-state index contributed by atoms with van der Waals surface area (Å²) in [5.74, 6) is -0.160. The van der Waals surface area contributed by atoms with E-state index in [1.54, 1.807) is 0 Å². The lowest BCUT2D eigenvalue weighted by atomic mass is 10.3. The van der Waals surface area contributed by atoms with Gasteiger partial charge in [0, 0.05) is 5.54 Å². The summed E-state index contributed by atoms with van der Waals surface area (Å²) in [5.41, 5.74) is -0.0300. The highest BCUT2D eigenvalue weighted by Crippen LogP contribution is 2.34. The highest BCUT2D eigenvalue weighted by atomic mass is 16.2. The normalized spacial score (nSPS) is 18.8. The molecule has 6 heteroatoms. The Morgan fingerprint density at radius 1 is 1.67 bits per heavy atom. The van der Waals surface area contributed by atoms with Crippen LogP contribution in [0.2, 0.25) is 0 Å². The van der Waals surface area contributed by atoms with Crippen LogP contribution in [0.5, 0.6) is 0 Å². The average Bonchev–Trinajstić information content (AvgIpc) is 2.55. The molecule has 0 bridgehead atoms. The molecule has 1 aromatic rings. The van der Waals surface area contributed by atoms with E-state index >= 15 is 0 Å². The lowest BCUT2D eigenvalue weighted by molar-refractivity contribution is 0.0925. The Balaban J connectivity index is 2.02. The number of aromatic amines is 1. The minimum atomic E-state index is -0.260. The monoisotopic (exact) mass is 167 g/mol. The number of hydrogen-bond acceptors (Lipinski definition) is 4. The van der Waals surface area contributed by atoms with Gasteiger partial charge in [0.05, 0.1) is 0 Å². The molecule has 1 aromatic heterocycles. The molecule has 1 fully saturated rings. The van der Waals surface area contributed by atoms with E-state index in [2.05, 4.69) is 25.9 Å². The fourth-order valence-corrected chi connectivity index (χ4v) is 0.900. The smallest absolute Gasteiger partial charge is 0.293 e. The van der Waals surface area contributed by atoms with Crippen LogP contribution in [-0.4, -0.2) is 32.1 Å². The summed E-state index contributed by atoms with van der Waals surface area (Å²) in [6.45, 7) is 1.99. The lowest BCUT2D eigenvalue weighted by Gasteiger charge is -2.07. The Bertz CT molecular complexity index is 289. The van der Waals surface area contributed by atoms with Gasteiger partial charge in [0.25, 0.3) is 11.7 Å². The van der Waals surface area contributed by atoms with Gasteiger partial charge in [-0.1, -0.05) is 0 Å². The van der Waals surface area contributed by atoms with Crippen LogP contribution in [0.1, 0.15) is 30.4 Å². The van der Waals surface area contributed by atoms with Crippen molar-refractivity contribution in [2.75, 3.05) is 0 Å². The summed E-state index contributed by atoms with van der Waals surface area (Å²) in [7, 11) is 0. The molecule has 2 rings (SSSR count). The van der Waals surface area contributed by atoms with Crippen molar-refractivity contribution in [1.29, 1.82) is 0 Å². The molecule has 0 aliphatic heterocycles. The van der Waals surface area contributed by atoms with Gasteiger partial charge in [-0.05, 0) is 25.0 Å². The second kappa shape index (κ2) is 2.26. The first-order valence-electron chi connectivity index (χ1n) is 3.76. The predicted octanol–water partition coefficient (Wildman–Crippen LogP) is -0.518. The minimum Gasteiger partial charge on any atom is -0.344 e. The number of nitrogens with zero attached hydrogens (tertiary/aromatic N) is 3. The molecule has 0 atom stereocenters. The van der Waals surface area contributed by atoms with Crippen LogP contribution in [-0.2, 0) is 0 Å². The third kappa shape index (κ3) is 1.27. The number of hydrogen-bond donors (Lipinski definition) is 2. The quantitative estimate of drug-likeness (QED) is 0.621. The van der Waals surface area contributed by atoms with Gasteiger partial charge in [0.1, 0.15) is 0 Å². The molecule has 64 valence electrons. The van der Waals surface area contributed by atoms with Crippen molar-refractivity contribution in [3.05, 3.63) is 5.82 Å². The van der Waals surface area contributed by atoms with Crippen LogP contribution < -0.4 is 5.32 Å². The number of nitrogens with one attached hydrogen (secondary N) is 2. The average molecular weight is 167 g/mol. The van der Waals surface area contributed by atoms with Crippen molar-refractivity contribution in [2.24, 2.45) is 0 Å². The maximum Gasteiger partial charge on any atom is 0.293 e. The molecule has 1 amide bonds. The zero-order valence-corrected chi connectivity index (χ0v) is 6.66. The van der Waals surface area contributed by atoms with E-state index in [-0.39, 0.29) is 17.3 Å². The lowest BCUT2D eigenvalue weighted by Crippen LogP contribution is -2.34. The van der Waals surface area contributed by atoms with Gasteiger partial charge in [-0.15, -0.1) is 10.2 Å². The number of carbonyl (C=O) groups excluding carboxylic acids is 1. The number of tetrazole rings is 1. The van der Waals surface area contributed by atoms with E-state index in [0.717, 1.165) is 12.8 Å². The van der Waals surface area contributed by atoms with Crippen molar-refractivity contribution in [1.82, 2.24) is 25.9 Å². The molecule has 6 nitrogen and oxygen atoms in total. The highest BCUT2D eigenvalue weighted by Gasteiger charge is 2.39. The summed E-state index contributed by atoms with van der Waals surface area (Å²) in [5, 5.41) is 15.5. The van der Waals surface area contributed by atoms with Gasteiger partial charge in [-0.25, -0.2) is 0 Å². The Morgan fingerprint density at radius 2 is 2.42 bits per heavy atom. The fourth-order valence-electron chi connectivity index (χ4n) is 0.900. The van der Waals surface area contributed by atoms with Crippen molar-refractivity contribution in [3.8, 4) is 0 Å². The third-order valence-electron chi connectivity index (χ3n) is 1.96. The number of carbonyl (C=O) groups is 1. The van der Waals surface area contributed by atoms with E-state index in [4.69, 9.17) is 0 Å². The molecular weight excluding hydrogens is 158 g/mol.